The Morgan fingerprint density at radius 3 is 2.63 bits per heavy atom. The number of hydrogen-bond acceptors (Lipinski definition) is 2. The highest BCUT2D eigenvalue weighted by Gasteiger charge is 2.13. The highest BCUT2D eigenvalue weighted by molar-refractivity contribution is 6.34. The van der Waals surface area contributed by atoms with Gasteiger partial charge in [0.15, 0.2) is 0 Å². The number of nitrogens with one attached hydrogen (secondary N) is 1. The maximum atomic E-state index is 13.5. The molecule has 0 heterocycles. The first-order valence-electron chi connectivity index (χ1n) is 5.29. The lowest BCUT2D eigenvalue weighted by Gasteiger charge is -2.09. The van der Waals surface area contributed by atoms with Crippen molar-refractivity contribution in [3.05, 3.63) is 57.8 Å². The summed E-state index contributed by atoms with van der Waals surface area (Å²) in [7, 11) is 0. The maximum absolute atomic E-state index is 13.5. The second-order valence-electron chi connectivity index (χ2n) is 3.78. The number of benzene rings is 2. The molecule has 19 heavy (non-hydrogen) atoms. The van der Waals surface area contributed by atoms with Gasteiger partial charge in [-0.15, -0.1) is 0 Å². The zero-order valence-electron chi connectivity index (χ0n) is 9.58. The van der Waals surface area contributed by atoms with Crippen molar-refractivity contribution in [2.75, 3.05) is 11.1 Å². The van der Waals surface area contributed by atoms with Crippen molar-refractivity contribution >= 4 is 40.5 Å². The molecule has 3 nitrogen and oxygen atoms in total. The van der Waals surface area contributed by atoms with Crippen LogP contribution in [0.2, 0.25) is 10.0 Å². The van der Waals surface area contributed by atoms with Crippen molar-refractivity contribution in [3.63, 3.8) is 0 Å². The molecule has 2 aromatic rings. The van der Waals surface area contributed by atoms with E-state index in [2.05, 4.69) is 5.32 Å². The molecule has 0 radical (unpaired) electrons. The summed E-state index contributed by atoms with van der Waals surface area (Å²) in [6.45, 7) is 0. The molecule has 0 spiro atoms. The Morgan fingerprint density at radius 2 is 1.95 bits per heavy atom. The molecule has 2 rings (SSSR count). The Bertz CT molecular complexity index is 647. The molecule has 0 aliphatic rings. The Morgan fingerprint density at radius 1 is 1.21 bits per heavy atom. The zero-order valence-corrected chi connectivity index (χ0v) is 11.1. The van der Waals surface area contributed by atoms with Crippen molar-refractivity contribution in [3.8, 4) is 0 Å². The third-order valence-corrected chi connectivity index (χ3v) is 3.04. The highest BCUT2D eigenvalue weighted by Crippen LogP contribution is 2.24. The standard InChI is InChI=1S/C13H9Cl2FN2O/c14-7-4-5-11(10(16)6-7)18-13(19)8-2-1-3-9(15)12(8)17/h1-6H,17H2,(H,18,19). The van der Waals surface area contributed by atoms with Gasteiger partial charge in [-0.05, 0) is 30.3 Å². The fourth-order valence-electron chi connectivity index (χ4n) is 1.52. The van der Waals surface area contributed by atoms with Gasteiger partial charge in [-0.2, -0.15) is 0 Å². The second-order valence-corrected chi connectivity index (χ2v) is 4.62. The Hall–Kier alpha value is -1.78. The first-order chi connectivity index (χ1) is 8.99. The second kappa shape index (κ2) is 5.47. The third kappa shape index (κ3) is 2.97. The smallest absolute Gasteiger partial charge is 0.257 e. The number of halogens is 3. The van der Waals surface area contributed by atoms with Gasteiger partial charge in [-0.3, -0.25) is 4.79 Å². The summed E-state index contributed by atoms with van der Waals surface area (Å²) in [6.07, 6.45) is 0. The number of para-hydroxylation sites is 1. The van der Waals surface area contributed by atoms with Crippen LogP contribution < -0.4 is 11.1 Å². The van der Waals surface area contributed by atoms with Crippen molar-refractivity contribution in [2.24, 2.45) is 0 Å². The van der Waals surface area contributed by atoms with Gasteiger partial charge in [-0.1, -0.05) is 29.3 Å². The molecule has 0 saturated heterocycles. The van der Waals surface area contributed by atoms with Gasteiger partial charge in [0.1, 0.15) is 5.82 Å². The molecule has 0 aromatic heterocycles. The van der Waals surface area contributed by atoms with Gasteiger partial charge >= 0.3 is 0 Å². The normalized spacial score (nSPS) is 10.3. The van der Waals surface area contributed by atoms with E-state index < -0.39 is 11.7 Å². The van der Waals surface area contributed by atoms with Crippen molar-refractivity contribution in [1.29, 1.82) is 0 Å². The number of amides is 1. The molecule has 0 bridgehead atoms. The van der Waals surface area contributed by atoms with E-state index in [-0.39, 0.29) is 27.0 Å². The van der Waals surface area contributed by atoms with Crippen molar-refractivity contribution in [2.45, 2.75) is 0 Å². The molecule has 0 saturated carbocycles. The number of rotatable bonds is 2. The minimum atomic E-state index is -0.624. The van der Waals surface area contributed by atoms with Gasteiger partial charge in [-0.25, -0.2) is 4.39 Å². The van der Waals surface area contributed by atoms with Crippen LogP contribution in [0.1, 0.15) is 10.4 Å². The number of nitrogens with two attached hydrogens (primary N) is 1. The summed E-state index contributed by atoms with van der Waals surface area (Å²) in [4.78, 5) is 12.0. The van der Waals surface area contributed by atoms with E-state index in [9.17, 15) is 9.18 Å². The Labute approximate surface area is 119 Å². The molecule has 0 unspecified atom stereocenters. The molecule has 6 heteroatoms. The minimum absolute atomic E-state index is 0.0220. The number of hydrogen-bond donors (Lipinski definition) is 2. The Balaban J connectivity index is 2.28. The van der Waals surface area contributed by atoms with Crippen LogP contribution in [0.25, 0.3) is 0 Å². The monoisotopic (exact) mass is 298 g/mol. The third-order valence-electron chi connectivity index (χ3n) is 2.48. The SMILES string of the molecule is Nc1c(Cl)cccc1C(=O)Nc1ccc(Cl)cc1F. The van der Waals surface area contributed by atoms with E-state index in [0.717, 1.165) is 6.07 Å². The van der Waals surface area contributed by atoms with E-state index in [0.29, 0.717) is 0 Å². The van der Waals surface area contributed by atoms with Crippen LogP contribution in [0.3, 0.4) is 0 Å². The number of nitrogen functional groups attached to an aromatic ring is 1. The predicted molar refractivity (Wildman–Crippen MR) is 75.2 cm³/mol. The molecule has 0 atom stereocenters. The van der Waals surface area contributed by atoms with Gasteiger partial charge in [0.05, 0.1) is 22.0 Å². The fourth-order valence-corrected chi connectivity index (χ4v) is 1.85. The number of anilines is 2. The summed E-state index contributed by atoms with van der Waals surface area (Å²) in [6, 6.07) is 8.61. The fraction of sp³-hybridized carbons (Fsp3) is 0. The molecular weight excluding hydrogens is 290 g/mol. The van der Waals surface area contributed by atoms with E-state index in [1.807, 2.05) is 0 Å². The van der Waals surface area contributed by atoms with Crippen LogP contribution in [-0.2, 0) is 0 Å². The number of carbonyl (C=O) groups excluding carboxylic acids is 1. The summed E-state index contributed by atoms with van der Waals surface area (Å²) in [5.74, 6) is -1.16. The van der Waals surface area contributed by atoms with Crippen LogP contribution in [0, 0.1) is 5.82 Å². The van der Waals surface area contributed by atoms with Gasteiger partial charge in [0.25, 0.3) is 5.91 Å². The average molecular weight is 299 g/mol. The van der Waals surface area contributed by atoms with Crippen LogP contribution in [0.5, 0.6) is 0 Å². The van der Waals surface area contributed by atoms with Crippen LogP contribution in [0.15, 0.2) is 36.4 Å². The summed E-state index contributed by atoms with van der Waals surface area (Å²) in [5, 5.41) is 2.93. The predicted octanol–water partition coefficient (Wildman–Crippen LogP) is 3.97. The van der Waals surface area contributed by atoms with Gasteiger partial charge < -0.3 is 11.1 Å². The molecule has 3 N–H and O–H groups in total. The molecule has 1 amide bonds. The van der Waals surface area contributed by atoms with Crippen LogP contribution in [0.4, 0.5) is 15.8 Å². The van der Waals surface area contributed by atoms with Gasteiger partial charge in [0, 0.05) is 5.02 Å². The summed E-state index contributed by atoms with van der Waals surface area (Å²) in [5.41, 5.74) is 6.05. The van der Waals surface area contributed by atoms with Crippen molar-refractivity contribution in [1.82, 2.24) is 0 Å². The quantitative estimate of drug-likeness (QED) is 0.824. The lowest BCUT2D eigenvalue weighted by atomic mass is 10.1. The summed E-state index contributed by atoms with van der Waals surface area (Å²) >= 11 is 11.4. The zero-order chi connectivity index (χ0) is 14.0. The van der Waals surface area contributed by atoms with E-state index in [1.54, 1.807) is 12.1 Å². The summed E-state index contributed by atoms with van der Waals surface area (Å²) < 4.78 is 13.5. The average Bonchev–Trinajstić information content (AvgIpc) is 2.36. The first-order valence-corrected chi connectivity index (χ1v) is 6.05. The molecule has 98 valence electrons. The van der Waals surface area contributed by atoms with Crippen LogP contribution >= 0.6 is 23.2 Å². The molecule has 0 aliphatic heterocycles. The minimum Gasteiger partial charge on any atom is -0.397 e. The maximum Gasteiger partial charge on any atom is 0.257 e. The molecular formula is C13H9Cl2FN2O. The molecule has 2 aromatic carbocycles. The van der Waals surface area contributed by atoms with Crippen molar-refractivity contribution < 1.29 is 9.18 Å². The lowest BCUT2D eigenvalue weighted by molar-refractivity contribution is 0.102. The largest absolute Gasteiger partial charge is 0.397 e. The topological polar surface area (TPSA) is 55.1 Å². The number of carbonyl (C=O) groups is 1. The molecule has 0 fully saturated rings. The van der Waals surface area contributed by atoms with Gasteiger partial charge in [0.2, 0.25) is 0 Å². The van der Waals surface area contributed by atoms with Crippen LogP contribution in [-0.4, -0.2) is 5.91 Å². The lowest BCUT2D eigenvalue weighted by Crippen LogP contribution is -2.15. The highest BCUT2D eigenvalue weighted by atomic mass is 35.5. The van der Waals surface area contributed by atoms with E-state index in [4.69, 9.17) is 28.9 Å². The Kier molecular flexibility index (Phi) is 3.93. The van der Waals surface area contributed by atoms with E-state index >= 15 is 0 Å². The molecule has 0 aliphatic carbocycles. The van der Waals surface area contributed by atoms with E-state index in [1.165, 1.54) is 18.2 Å². The first kappa shape index (κ1) is 13.6.